The van der Waals surface area contributed by atoms with Crippen molar-refractivity contribution in [2.45, 2.75) is 25.5 Å². The van der Waals surface area contributed by atoms with Crippen LogP contribution in [0.15, 0.2) is 24.4 Å². The number of hydrogen-bond donors (Lipinski definition) is 2. The summed E-state index contributed by atoms with van der Waals surface area (Å²) in [5.74, 6) is 0.0151. The van der Waals surface area contributed by atoms with Gasteiger partial charge in [0.15, 0.2) is 10.9 Å². The summed E-state index contributed by atoms with van der Waals surface area (Å²) < 4.78 is 20.9. The lowest BCUT2D eigenvalue weighted by atomic mass is 10.2. The SMILES string of the molecule is Fc1cccc(Cl)c1Cn1cc(Cl)c(NC(=S)NCC2CCCO2)n1. The van der Waals surface area contributed by atoms with Crippen LogP contribution in [0.2, 0.25) is 10.0 Å². The van der Waals surface area contributed by atoms with Gasteiger partial charge in [-0.1, -0.05) is 29.3 Å². The van der Waals surface area contributed by atoms with Gasteiger partial charge in [0.2, 0.25) is 0 Å². The van der Waals surface area contributed by atoms with Gasteiger partial charge in [-0.15, -0.1) is 0 Å². The summed E-state index contributed by atoms with van der Waals surface area (Å²) in [7, 11) is 0. The third kappa shape index (κ3) is 4.82. The molecule has 25 heavy (non-hydrogen) atoms. The van der Waals surface area contributed by atoms with Crippen molar-refractivity contribution in [1.29, 1.82) is 0 Å². The third-order valence-corrected chi connectivity index (χ3v) is 4.72. The van der Waals surface area contributed by atoms with Gasteiger partial charge in [0.05, 0.1) is 12.6 Å². The Bertz CT molecular complexity index is 744. The molecule has 1 unspecified atom stereocenters. The van der Waals surface area contributed by atoms with Crippen LogP contribution in [0.5, 0.6) is 0 Å². The predicted octanol–water partition coefficient (Wildman–Crippen LogP) is 3.84. The first kappa shape index (κ1) is 18.4. The van der Waals surface area contributed by atoms with E-state index in [1.807, 2.05) is 0 Å². The number of hydrogen-bond acceptors (Lipinski definition) is 3. The second-order valence-electron chi connectivity index (χ2n) is 5.69. The van der Waals surface area contributed by atoms with Crippen molar-refractivity contribution in [3.05, 3.63) is 45.8 Å². The largest absolute Gasteiger partial charge is 0.376 e. The summed E-state index contributed by atoms with van der Waals surface area (Å²) in [6.07, 6.45) is 3.86. The van der Waals surface area contributed by atoms with E-state index >= 15 is 0 Å². The zero-order valence-corrected chi connectivity index (χ0v) is 15.6. The van der Waals surface area contributed by atoms with Crippen LogP contribution in [-0.2, 0) is 11.3 Å². The molecule has 1 aliphatic rings. The first-order valence-corrected chi connectivity index (χ1v) is 9.01. The number of anilines is 1. The minimum atomic E-state index is -0.387. The smallest absolute Gasteiger partial charge is 0.173 e. The summed E-state index contributed by atoms with van der Waals surface area (Å²) in [6, 6.07) is 4.55. The maximum Gasteiger partial charge on any atom is 0.173 e. The lowest BCUT2D eigenvalue weighted by Gasteiger charge is -2.13. The van der Waals surface area contributed by atoms with Crippen LogP contribution in [0, 0.1) is 5.82 Å². The molecule has 1 aromatic heterocycles. The standard InChI is InChI=1S/C16H17Cl2FN4OS/c17-12-4-1-5-14(19)11(12)8-23-9-13(18)15(22-23)21-16(25)20-7-10-3-2-6-24-10/h1,4-5,9-10H,2-3,6-8H2,(H2,20,21,22,25). The fourth-order valence-corrected chi connectivity index (χ4v) is 3.17. The van der Waals surface area contributed by atoms with Gasteiger partial charge in [-0.25, -0.2) is 4.39 Å². The molecule has 134 valence electrons. The lowest BCUT2D eigenvalue weighted by Crippen LogP contribution is -2.35. The van der Waals surface area contributed by atoms with Crippen molar-refractivity contribution in [1.82, 2.24) is 15.1 Å². The van der Waals surface area contributed by atoms with Gasteiger partial charge in [0, 0.05) is 29.9 Å². The predicted molar refractivity (Wildman–Crippen MR) is 101 cm³/mol. The van der Waals surface area contributed by atoms with E-state index in [2.05, 4.69) is 15.7 Å². The topological polar surface area (TPSA) is 51.1 Å². The summed E-state index contributed by atoms with van der Waals surface area (Å²) in [4.78, 5) is 0. The Morgan fingerprint density at radius 1 is 1.40 bits per heavy atom. The minimum absolute atomic E-state index is 0.170. The van der Waals surface area contributed by atoms with E-state index in [4.69, 9.17) is 40.2 Å². The number of nitrogens with zero attached hydrogens (tertiary/aromatic N) is 2. The van der Waals surface area contributed by atoms with Crippen molar-refractivity contribution < 1.29 is 9.13 Å². The summed E-state index contributed by atoms with van der Waals surface area (Å²) in [5, 5.41) is 11.5. The van der Waals surface area contributed by atoms with Crippen LogP contribution >= 0.6 is 35.4 Å². The highest BCUT2D eigenvalue weighted by Crippen LogP contribution is 2.23. The Balaban J connectivity index is 1.61. The van der Waals surface area contributed by atoms with Crippen LogP contribution in [0.25, 0.3) is 0 Å². The molecule has 1 aromatic carbocycles. The number of ether oxygens (including phenoxy) is 1. The van der Waals surface area contributed by atoms with Gasteiger partial charge in [-0.3, -0.25) is 4.68 Å². The Labute approximate surface area is 160 Å². The molecule has 0 radical (unpaired) electrons. The quantitative estimate of drug-likeness (QED) is 0.743. The van der Waals surface area contributed by atoms with Crippen molar-refractivity contribution in [2.75, 3.05) is 18.5 Å². The lowest BCUT2D eigenvalue weighted by molar-refractivity contribution is 0.114. The van der Waals surface area contributed by atoms with Gasteiger partial charge < -0.3 is 15.4 Å². The van der Waals surface area contributed by atoms with E-state index in [1.165, 1.54) is 10.7 Å². The molecule has 0 aliphatic carbocycles. The summed E-state index contributed by atoms with van der Waals surface area (Å²) >= 11 is 17.5. The van der Waals surface area contributed by atoms with E-state index in [-0.39, 0.29) is 18.5 Å². The monoisotopic (exact) mass is 402 g/mol. The Hall–Kier alpha value is -1.41. The van der Waals surface area contributed by atoms with E-state index in [9.17, 15) is 4.39 Å². The average Bonchev–Trinajstić information content (AvgIpc) is 3.20. The van der Waals surface area contributed by atoms with Crippen LogP contribution in [0.1, 0.15) is 18.4 Å². The number of rotatable bonds is 5. The Morgan fingerprint density at radius 3 is 2.96 bits per heavy atom. The second-order valence-corrected chi connectivity index (χ2v) is 6.92. The maximum absolute atomic E-state index is 13.9. The van der Waals surface area contributed by atoms with E-state index in [0.717, 1.165) is 19.4 Å². The number of benzene rings is 1. The molecule has 1 aliphatic heterocycles. The van der Waals surface area contributed by atoms with E-state index in [0.29, 0.717) is 33.1 Å². The number of thiocarbonyl (C=S) groups is 1. The van der Waals surface area contributed by atoms with Crippen LogP contribution in [0.4, 0.5) is 10.2 Å². The van der Waals surface area contributed by atoms with Crippen molar-refractivity contribution >= 4 is 46.4 Å². The van der Waals surface area contributed by atoms with Gasteiger partial charge in [0.25, 0.3) is 0 Å². The number of halogens is 3. The molecule has 1 atom stereocenters. The van der Waals surface area contributed by atoms with Crippen molar-refractivity contribution in [3.8, 4) is 0 Å². The molecule has 1 fully saturated rings. The maximum atomic E-state index is 13.9. The summed E-state index contributed by atoms with van der Waals surface area (Å²) in [5.41, 5.74) is 0.356. The van der Waals surface area contributed by atoms with E-state index < -0.39 is 0 Å². The number of nitrogens with one attached hydrogen (secondary N) is 2. The normalized spacial score (nSPS) is 16.8. The van der Waals surface area contributed by atoms with Crippen LogP contribution in [-0.4, -0.2) is 34.1 Å². The molecule has 0 bridgehead atoms. The third-order valence-electron chi connectivity index (χ3n) is 3.85. The molecule has 5 nitrogen and oxygen atoms in total. The fraction of sp³-hybridized carbons (Fsp3) is 0.375. The molecular weight excluding hydrogens is 386 g/mol. The molecule has 9 heteroatoms. The zero-order chi connectivity index (χ0) is 17.8. The Morgan fingerprint density at radius 2 is 2.24 bits per heavy atom. The van der Waals surface area contributed by atoms with Gasteiger partial charge >= 0.3 is 0 Å². The first-order chi connectivity index (χ1) is 12.0. The minimum Gasteiger partial charge on any atom is -0.376 e. The highest BCUT2D eigenvalue weighted by atomic mass is 35.5. The van der Waals surface area contributed by atoms with Crippen molar-refractivity contribution in [3.63, 3.8) is 0 Å². The fourth-order valence-electron chi connectivity index (χ4n) is 2.57. The molecule has 3 rings (SSSR count). The van der Waals surface area contributed by atoms with Gasteiger partial charge in [-0.2, -0.15) is 5.10 Å². The summed E-state index contributed by atoms with van der Waals surface area (Å²) in [6.45, 7) is 1.60. The van der Waals surface area contributed by atoms with E-state index in [1.54, 1.807) is 18.3 Å². The average molecular weight is 403 g/mol. The van der Waals surface area contributed by atoms with Crippen molar-refractivity contribution in [2.24, 2.45) is 0 Å². The highest BCUT2D eigenvalue weighted by molar-refractivity contribution is 7.80. The molecule has 1 saturated heterocycles. The zero-order valence-electron chi connectivity index (χ0n) is 13.3. The molecule has 0 amide bonds. The molecule has 0 saturated carbocycles. The molecule has 2 N–H and O–H groups in total. The highest BCUT2D eigenvalue weighted by Gasteiger charge is 2.16. The molecular formula is C16H17Cl2FN4OS. The molecule has 2 heterocycles. The van der Waals surface area contributed by atoms with Crippen LogP contribution in [0.3, 0.4) is 0 Å². The molecule has 2 aromatic rings. The van der Waals surface area contributed by atoms with Gasteiger partial charge in [0.1, 0.15) is 10.8 Å². The second kappa shape index (κ2) is 8.31. The molecule has 0 spiro atoms. The Kier molecular flexibility index (Phi) is 6.11. The van der Waals surface area contributed by atoms with Gasteiger partial charge in [-0.05, 0) is 37.2 Å². The number of aromatic nitrogens is 2. The van der Waals surface area contributed by atoms with Crippen LogP contribution < -0.4 is 10.6 Å². The first-order valence-electron chi connectivity index (χ1n) is 7.85.